The number of rotatable bonds is 6. The van der Waals surface area contributed by atoms with Crippen molar-refractivity contribution in [1.29, 1.82) is 0 Å². The minimum absolute atomic E-state index is 0.0481. The summed E-state index contributed by atoms with van der Waals surface area (Å²) in [5, 5.41) is 4.18. The summed E-state index contributed by atoms with van der Waals surface area (Å²) in [5.41, 5.74) is 0.327. The van der Waals surface area contributed by atoms with Crippen LogP contribution in [0.4, 0.5) is 4.39 Å². The van der Waals surface area contributed by atoms with Gasteiger partial charge in [-0.25, -0.2) is 4.39 Å². The van der Waals surface area contributed by atoms with Crippen LogP contribution in [-0.2, 0) is 6.42 Å². The van der Waals surface area contributed by atoms with Gasteiger partial charge in [0.25, 0.3) is 0 Å². The molecule has 0 saturated heterocycles. The zero-order valence-electron chi connectivity index (χ0n) is 11.9. The molecule has 21 heavy (non-hydrogen) atoms. The Labute approximate surface area is 122 Å². The van der Waals surface area contributed by atoms with Gasteiger partial charge >= 0.3 is 0 Å². The Morgan fingerprint density at radius 1 is 1.24 bits per heavy atom. The van der Waals surface area contributed by atoms with E-state index in [1.54, 1.807) is 12.3 Å². The molecule has 3 aromatic rings. The highest BCUT2D eigenvalue weighted by atomic mass is 19.1. The standard InChI is InChI=1S/C17H18FNO2/c1-2-19-15(9-8-13-6-4-10-20-13)16-11-12-5-3-7-14(18)17(12)21-16/h3-7,10-11,15,19H,2,8-9H2,1H3. The third kappa shape index (κ3) is 3.00. The lowest BCUT2D eigenvalue weighted by molar-refractivity contribution is 0.398. The zero-order chi connectivity index (χ0) is 14.7. The van der Waals surface area contributed by atoms with E-state index in [1.807, 2.05) is 31.2 Å². The molecule has 0 fully saturated rings. The van der Waals surface area contributed by atoms with E-state index in [0.717, 1.165) is 36.3 Å². The van der Waals surface area contributed by atoms with Crippen molar-refractivity contribution in [2.75, 3.05) is 6.54 Å². The minimum Gasteiger partial charge on any atom is -0.469 e. The van der Waals surface area contributed by atoms with Crippen LogP contribution in [0.3, 0.4) is 0 Å². The Morgan fingerprint density at radius 3 is 2.86 bits per heavy atom. The molecule has 1 N–H and O–H groups in total. The lowest BCUT2D eigenvalue weighted by atomic mass is 10.1. The third-order valence-electron chi connectivity index (χ3n) is 3.57. The molecule has 0 aliphatic heterocycles. The van der Waals surface area contributed by atoms with Crippen molar-refractivity contribution in [2.45, 2.75) is 25.8 Å². The summed E-state index contributed by atoms with van der Waals surface area (Å²) in [4.78, 5) is 0. The van der Waals surface area contributed by atoms with Gasteiger partial charge in [0.1, 0.15) is 11.5 Å². The summed E-state index contributed by atoms with van der Waals surface area (Å²) in [6.07, 6.45) is 3.32. The highest BCUT2D eigenvalue weighted by molar-refractivity contribution is 5.78. The number of nitrogens with one attached hydrogen (secondary N) is 1. The summed E-state index contributed by atoms with van der Waals surface area (Å²) < 4.78 is 24.8. The molecule has 0 bridgehead atoms. The normalized spacial score (nSPS) is 12.9. The number of benzene rings is 1. The Kier molecular flexibility index (Phi) is 4.06. The molecule has 0 radical (unpaired) electrons. The summed E-state index contributed by atoms with van der Waals surface area (Å²) in [6.45, 7) is 2.87. The first-order valence-corrected chi connectivity index (χ1v) is 7.21. The topological polar surface area (TPSA) is 38.3 Å². The molecule has 1 atom stereocenters. The Balaban J connectivity index is 1.82. The van der Waals surface area contributed by atoms with Gasteiger partial charge in [-0.1, -0.05) is 19.1 Å². The van der Waals surface area contributed by atoms with Crippen LogP contribution in [-0.4, -0.2) is 6.54 Å². The third-order valence-corrected chi connectivity index (χ3v) is 3.57. The van der Waals surface area contributed by atoms with Crippen molar-refractivity contribution in [1.82, 2.24) is 5.32 Å². The second-order valence-electron chi connectivity index (χ2n) is 5.04. The van der Waals surface area contributed by atoms with Gasteiger partial charge in [-0.15, -0.1) is 0 Å². The van der Waals surface area contributed by atoms with E-state index in [0.29, 0.717) is 5.58 Å². The number of hydrogen-bond acceptors (Lipinski definition) is 3. The molecule has 1 unspecified atom stereocenters. The van der Waals surface area contributed by atoms with Gasteiger partial charge in [-0.05, 0) is 37.2 Å². The second-order valence-corrected chi connectivity index (χ2v) is 5.04. The molecule has 0 saturated carbocycles. The lowest BCUT2D eigenvalue weighted by Gasteiger charge is -2.14. The van der Waals surface area contributed by atoms with E-state index >= 15 is 0 Å². The molecule has 2 aromatic heterocycles. The number of halogens is 1. The van der Waals surface area contributed by atoms with Gasteiger partial charge in [-0.2, -0.15) is 0 Å². The van der Waals surface area contributed by atoms with E-state index in [-0.39, 0.29) is 11.9 Å². The quantitative estimate of drug-likeness (QED) is 0.728. The van der Waals surface area contributed by atoms with E-state index < -0.39 is 0 Å². The predicted molar refractivity (Wildman–Crippen MR) is 79.6 cm³/mol. The molecular weight excluding hydrogens is 269 g/mol. The highest BCUT2D eigenvalue weighted by Gasteiger charge is 2.17. The van der Waals surface area contributed by atoms with Gasteiger partial charge in [-0.3, -0.25) is 0 Å². The fourth-order valence-corrected chi connectivity index (χ4v) is 2.55. The fraction of sp³-hybridized carbons (Fsp3) is 0.294. The van der Waals surface area contributed by atoms with Gasteiger partial charge in [0.15, 0.2) is 11.4 Å². The first-order valence-electron chi connectivity index (χ1n) is 7.21. The lowest BCUT2D eigenvalue weighted by Crippen LogP contribution is -2.20. The predicted octanol–water partition coefficient (Wildman–Crippen LogP) is 4.45. The maximum Gasteiger partial charge on any atom is 0.169 e. The number of furan rings is 2. The minimum atomic E-state index is -0.319. The first kappa shape index (κ1) is 13.9. The maximum absolute atomic E-state index is 13.7. The number of para-hydroxylation sites is 1. The van der Waals surface area contributed by atoms with E-state index in [9.17, 15) is 4.39 Å². The largest absolute Gasteiger partial charge is 0.469 e. The summed E-state index contributed by atoms with van der Waals surface area (Å²) in [5.74, 6) is 1.39. The SMILES string of the molecule is CCNC(CCc1ccco1)c1cc2cccc(F)c2o1. The molecule has 0 amide bonds. The number of hydrogen-bond donors (Lipinski definition) is 1. The second kappa shape index (κ2) is 6.14. The summed E-state index contributed by atoms with van der Waals surface area (Å²) in [6, 6.07) is 10.8. The highest BCUT2D eigenvalue weighted by Crippen LogP contribution is 2.28. The smallest absolute Gasteiger partial charge is 0.169 e. The fourth-order valence-electron chi connectivity index (χ4n) is 2.55. The average molecular weight is 287 g/mol. The molecule has 0 aliphatic rings. The van der Waals surface area contributed by atoms with Crippen LogP contribution in [0.25, 0.3) is 11.0 Å². The van der Waals surface area contributed by atoms with Crippen LogP contribution < -0.4 is 5.32 Å². The summed E-state index contributed by atoms with van der Waals surface area (Å²) in [7, 11) is 0. The monoisotopic (exact) mass is 287 g/mol. The molecule has 0 spiro atoms. The van der Waals surface area contributed by atoms with Gasteiger partial charge in [0.2, 0.25) is 0 Å². The van der Waals surface area contributed by atoms with Crippen LogP contribution in [0.5, 0.6) is 0 Å². The number of aryl methyl sites for hydroxylation is 1. The van der Waals surface area contributed by atoms with Crippen LogP contribution >= 0.6 is 0 Å². The van der Waals surface area contributed by atoms with Gasteiger partial charge < -0.3 is 14.2 Å². The van der Waals surface area contributed by atoms with Crippen LogP contribution in [0.15, 0.2) is 51.5 Å². The average Bonchev–Trinajstić information content (AvgIpc) is 3.13. The Morgan fingerprint density at radius 2 is 2.14 bits per heavy atom. The summed E-state index contributed by atoms with van der Waals surface area (Å²) >= 11 is 0. The van der Waals surface area contributed by atoms with Gasteiger partial charge in [0, 0.05) is 11.8 Å². The molecule has 0 aliphatic carbocycles. The molecular formula is C17H18FNO2. The Hall–Kier alpha value is -2.07. The van der Waals surface area contributed by atoms with Crippen molar-refractivity contribution in [3.63, 3.8) is 0 Å². The molecule has 2 heterocycles. The number of fused-ring (bicyclic) bond motifs is 1. The zero-order valence-corrected chi connectivity index (χ0v) is 11.9. The first-order chi connectivity index (χ1) is 10.3. The Bertz CT molecular complexity index is 703. The van der Waals surface area contributed by atoms with Crippen molar-refractivity contribution in [3.05, 3.63) is 60.0 Å². The maximum atomic E-state index is 13.7. The molecule has 3 nitrogen and oxygen atoms in total. The molecule has 1 aromatic carbocycles. The van der Waals surface area contributed by atoms with E-state index in [2.05, 4.69) is 5.32 Å². The van der Waals surface area contributed by atoms with E-state index in [1.165, 1.54) is 6.07 Å². The molecule has 4 heteroatoms. The van der Waals surface area contributed by atoms with Crippen molar-refractivity contribution < 1.29 is 13.2 Å². The van der Waals surface area contributed by atoms with Crippen LogP contribution in [0.2, 0.25) is 0 Å². The van der Waals surface area contributed by atoms with Crippen molar-refractivity contribution in [2.24, 2.45) is 0 Å². The molecule has 110 valence electrons. The van der Waals surface area contributed by atoms with Crippen LogP contribution in [0.1, 0.15) is 30.9 Å². The van der Waals surface area contributed by atoms with E-state index in [4.69, 9.17) is 8.83 Å². The van der Waals surface area contributed by atoms with Crippen molar-refractivity contribution >= 4 is 11.0 Å². The molecule has 3 rings (SSSR count). The van der Waals surface area contributed by atoms with Crippen molar-refractivity contribution in [3.8, 4) is 0 Å². The van der Waals surface area contributed by atoms with Gasteiger partial charge in [0.05, 0.1) is 12.3 Å². The van der Waals surface area contributed by atoms with Crippen LogP contribution in [0, 0.1) is 5.82 Å².